The highest BCUT2D eigenvalue weighted by molar-refractivity contribution is 5.73. The topological polar surface area (TPSA) is 81.2 Å². The van der Waals surface area contributed by atoms with Gasteiger partial charge in [0.05, 0.1) is 18.3 Å². The van der Waals surface area contributed by atoms with Gasteiger partial charge in [-0.15, -0.1) is 0 Å². The molecule has 2 aromatic rings. The van der Waals surface area contributed by atoms with Crippen LogP contribution in [0.1, 0.15) is 29.5 Å². The molecule has 22 heavy (non-hydrogen) atoms. The van der Waals surface area contributed by atoms with Crippen LogP contribution in [0.4, 0.5) is 4.79 Å². The molecular formula is C16H22N4O2. The van der Waals surface area contributed by atoms with E-state index in [0.717, 1.165) is 17.0 Å². The Kier molecular flexibility index (Phi) is 5.55. The average Bonchev–Trinajstić information content (AvgIpc) is 2.96. The van der Waals surface area contributed by atoms with E-state index in [-0.39, 0.29) is 6.03 Å². The van der Waals surface area contributed by atoms with E-state index in [9.17, 15) is 9.90 Å². The van der Waals surface area contributed by atoms with Gasteiger partial charge in [0.25, 0.3) is 0 Å². The Bertz CT molecular complexity index is 597. The smallest absolute Gasteiger partial charge is 0.317 e. The van der Waals surface area contributed by atoms with Gasteiger partial charge in [-0.3, -0.25) is 5.10 Å². The van der Waals surface area contributed by atoms with Gasteiger partial charge in [0.2, 0.25) is 0 Å². The van der Waals surface area contributed by atoms with Crippen molar-refractivity contribution in [1.82, 2.24) is 20.4 Å². The lowest BCUT2D eigenvalue weighted by Gasteiger charge is -2.19. The van der Waals surface area contributed by atoms with E-state index in [1.807, 2.05) is 43.3 Å². The van der Waals surface area contributed by atoms with Gasteiger partial charge in [0.15, 0.2) is 0 Å². The highest BCUT2D eigenvalue weighted by Crippen LogP contribution is 2.15. The molecule has 0 bridgehead atoms. The highest BCUT2D eigenvalue weighted by atomic mass is 16.3. The number of urea groups is 1. The van der Waals surface area contributed by atoms with Gasteiger partial charge >= 0.3 is 6.03 Å². The number of aromatic nitrogens is 2. The Morgan fingerprint density at radius 2 is 2.14 bits per heavy atom. The minimum absolute atomic E-state index is 0.180. The second kappa shape index (κ2) is 7.61. The number of benzene rings is 1. The summed E-state index contributed by atoms with van der Waals surface area (Å²) in [5.41, 5.74) is 2.62. The number of aliphatic hydroxyl groups is 1. The Morgan fingerprint density at radius 3 is 2.77 bits per heavy atom. The maximum absolute atomic E-state index is 12.0. The molecule has 2 rings (SSSR count). The molecule has 0 aliphatic rings. The van der Waals surface area contributed by atoms with Gasteiger partial charge in [-0.1, -0.05) is 30.3 Å². The zero-order valence-electron chi connectivity index (χ0n) is 12.9. The summed E-state index contributed by atoms with van der Waals surface area (Å²) in [7, 11) is 1.71. The third-order valence-corrected chi connectivity index (χ3v) is 3.45. The molecule has 0 saturated heterocycles. The zero-order chi connectivity index (χ0) is 15.9. The molecule has 0 saturated carbocycles. The lowest BCUT2D eigenvalue weighted by molar-refractivity contribution is 0.150. The van der Waals surface area contributed by atoms with Crippen molar-refractivity contribution in [3.05, 3.63) is 53.3 Å². The summed E-state index contributed by atoms with van der Waals surface area (Å²) in [4.78, 5) is 13.5. The maximum Gasteiger partial charge on any atom is 0.317 e. The molecule has 1 aromatic carbocycles. The maximum atomic E-state index is 12.0. The van der Waals surface area contributed by atoms with Gasteiger partial charge in [0, 0.05) is 19.3 Å². The number of hydrogen-bond acceptors (Lipinski definition) is 3. The molecule has 1 atom stereocenters. The van der Waals surface area contributed by atoms with Crippen LogP contribution in [-0.2, 0) is 6.54 Å². The molecule has 0 spiro atoms. The summed E-state index contributed by atoms with van der Waals surface area (Å²) in [6.07, 6.45) is -0.0689. The number of carbonyl (C=O) groups is 1. The summed E-state index contributed by atoms with van der Waals surface area (Å²) in [6.45, 7) is 2.77. The Morgan fingerprint density at radius 1 is 1.41 bits per heavy atom. The SMILES string of the molecule is Cc1cc(CNC(=O)N(C)CC[C@H](O)c2ccccc2)n[nH]1. The normalized spacial score (nSPS) is 12.0. The molecule has 0 aliphatic heterocycles. The molecule has 2 amide bonds. The predicted octanol–water partition coefficient (Wildman–Crippen LogP) is 1.98. The molecular weight excluding hydrogens is 280 g/mol. The van der Waals surface area contributed by atoms with Crippen molar-refractivity contribution in [3.63, 3.8) is 0 Å². The first-order chi connectivity index (χ1) is 10.6. The summed E-state index contributed by atoms with van der Waals surface area (Å²) in [5.74, 6) is 0. The number of amides is 2. The van der Waals surface area contributed by atoms with Gasteiger partial charge in [-0.2, -0.15) is 5.10 Å². The van der Waals surface area contributed by atoms with Crippen molar-refractivity contribution in [2.75, 3.05) is 13.6 Å². The van der Waals surface area contributed by atoms with E-state index in [1.54, 1.807) is 11.9 Å². The number of carbonyl (C=O) groups excluding carboxylic acids is 1. The minimum atomic E-state index is -0.564. The molecule has 1 heterocycles. The largest absolute Gasteiger partial charge is 0.388 e. The van der Waals surface area contributed by atoms with Crippen LogP contribution in [0.3, 0.4) is 0 Å². The number of H-pyrrole nitrogens is 1. The highest BCUT2D eigenvalue weighted by Gasteiger charge is 2.12. The molecule has 3 N–H and O–H groups in total. The van der Waals surface area contributed by atoms with Crippen molar-refractivity contribution in [3.8, 4) is 0 Å². The van der Waals surface area contributed by atoms with Gasteiger partial charge in [-0.05, 0) is 25.0 Å². The second-order valence-electron chi connectivity index (χ2n) is 5.34. The van der Waals surface area contributed by atoms with Crippen molar-refractivity contribution >= 4 is 6.03 Å². The number of aromatic amines is 1. The molecule has 118 valence electrons. The number of aliphatic hydroxyl groups excluding tert-OH is 1. The van der Waals surface area contributed by atoms with E-state index in [0.29, 0.717) is 19.5 Å². The van der Waals surface area contributed by atoms with Crippen LogP contribution in [0, 0.1) is 6.92 Å². The summed E-state index contributed by atoms with van der Waals surface area (Å²) < 4.78 is 0. The fourth-order valence-corrected chi connectivity index (χ4v) is 2.13. The standard InChI is InChI=1S/C16H22N4O2/c1-12-10-14(19-18-12)11-17-16(22)20(2)9-8-15(21)13-6-4-3-5-7-13/h3-7,10,15,21H,8-9,11H2,1-2H3,(H,17,22)(H,18,19)/t15-/m0/s1. The Hall–Kier alpha value is -2.34. The summed E-state index contributed by atoms with van der Waals surface area (Å²) in [6, 6.07) is 11.2. The van der Waals surface area contributed by atoms with E-state index in [4.69, 9.17) is 0 Å². The Balaban J connectivity index is 1.74. The monoisotopic (exact) mass is 302 g/mol. The molecule has 6 heteroatoms. The first-order valence-corrected chi connectivity index (χ1v) is 7.29. The van der Waals surface area contributed by atoms with E-state index in [2.05, 4.69) is 15.5 Å². The molecule has 0 aliphatic carbocycles. The van der Waals surface area contributed by atoms with Crippen molar-refractivity contribution < 1.29 is 9.90 Å². The van der Waals surface area contributed by atoms with Crippen LogP contribution < -0.4 is 5.32 Å². The van der Waals surface area contributed by atoms with Crippen LogP contribution in [0.25, 0.3) is 0 Å². The molecule has 1 aromatic heterocycles. The fraction of sp³-hybridized carbons (Fsp3) is 0.375. The number of nitrogens with zero attached hydrogens (tertiary/aromatic N) is 2. The minimum Gasteiger partial charge on any atom is -0.388 e. The first-order valence-electron chi connectivity index (χ1n) is 7.29. The number of nitrogens with one attached hydrogen (secondary N) is 2. The van der Waals surface area contributed by atoms with Gasteiger partial charge in [0.1, 0.15) is 0 Å². The second-order valence-corrected chi connectivity index (χ2v) is 5.34. The molecule has 6 nitrogen and oxygen atoms in total. The van der Waals surface area contributed by atoms with Crippen molar-refractivity contribution in [1.29, 1.82) is 0 Å². The number of rotatable bonds is 6. The van der Waals surface area contributed by atoms with Crippen molar-refractivity contribution in [2.24, 2.45) is 0 Å². The fourth-order valence-electron chi connectivity index (χ4n) is 2.13. The van der Waals surface area contributed by atoms with Crippen LogP contribution in [0.5, 0.6) is 0 Å². The Labute approximate surface area is 130 Å². The third kappa shape index (κ3) is 4.60. The zero-order valence-corrected chi connectivity index (χ0v) is 12.9. The van der Waals surface area contributed by atoms with E-state index >= 15 is 0 Å². The van der Waals surface area contributed by atoms with Crippen LogP contribution in [0.2, 0.25) is 0 Å². The van der Waals surface area contributed by atoms with Crippen LogP contribution in [0.15, 0.2) is 36.4 Å². The van der Waals surface area contributed by atoms with E-state index in [1.165, 1.54) is 0 Å². The van der Waals surface area contributed by atoms with Gasteiger partial charge < -0.3 is 15.3 Å². The molecule has 0 fully saturated rings. The lowest BCUT2D eigenvalue weighted by atomic mass is 10.1. The lowest BCUT2D eigenvalue weighted by Crippen LogP contribution is -2.37. The summed E-state index contributed by atoms with van der Waals surface area (Å²) in [5, 5.41) is 19.8. The average molecular weight is 302 g/mol. The third-order valence-electron chi connectivity index (χ3n) is 3.45. The van der Waals surface area contributed by atoms with Gasteiger partial charge in [-0.25, -0.2) is 4.79 Å². The first kappa shape index (κ1) is 16.0. The van der Waals surface area contributed by atoms with Crippen LogP contribution >= 0.6 is 0 Å². The van der Waals surface area contributed by atoms with Crippen LogP contribution in [-0.4, -0.2) is 39.8 Å². The van der Waals surface area contributed by atoms with Crippen molar-refractivity contribution in [2.45, 2.75) is 26.0 Å². The number of hydrogen-bond donors (Lipinski definition) is 3. The molecule has 0 radical (unpaired) electrons. The quantitative estimate of drug-likeness (QED) is 0.763. The summed E-state index contributed by atoms with van der Waals surface area (Å²) >= 11 is 0. The van der Waals surface area contributed by atoms with E-state index < -0.39 is 6.10 Å². The number of aryl methyl sites for hydroxylation is 1. The molecule has 0 unspecified atom stereocenters. The predicted molar refractivity (Wildman–Crippen MR) is 84.2 cm³/mol.